The molecule has 1 saturated heterocycles. The van der Waals surface area contributed by atoms with Crippen LogP contribution in [0.25, 0.3) is 0 Å². The number of carbonyl (C=O) groups is 3. The van der Waals surface area contributed by atoms with Crippen molar-refractivity contribution in [2.45, 2.75) is 32.4 Å². The van der Waals surface area contributed by atoms with E-state index in [9.17, 15) is 14.4 Å². The second kappa shape index (κ2) is 6.40. The Morgan fingerprint density at radius 1 is 1.22 bits per heavy atom. The van der Waals surface area contributed by atoms with Crippen LogP contribution in [-0.4, -0.2) is 34.3 Å². The molecule has 122 valence electrons. The van der Waals surface area contributed by atoms with Crippen LogP contribution in [0.2, 0.25) is 0 Å². The SMILES string of the molecule is O=C(O)[C@@H]1C[C@H]1C(=O)NCc1ccccc1CN1CCCC1=O. The van der Waals surface area contributed by atoms with E-state index in [4.69, 9.17) is 5.11 Å². The quantitative estimate of drug-likeness (QED) is 0.824. The highest BCUT2D eigenvalue weighted by Gasteiger charge is 2.48. The van der Waals surface area contributed by atoms with E-state index in [1.54, 1.807) is 0 Å². The zero-order valence-electron chi connectivity index (χ0n) is 12.8. The van der Waals surface area contributed by atoms with Crippen molar-refractivity contribution in [1.29, 1.82) is 0 Å². The van der Waals surface area contributed by atoms with Crippen molar-refractivity contribution in [3.05, 3.63) is 35.4 Å². The first-order valence-electron chi connectivity index (χ1n) is 7.91. The van der Waals surface area contributed by atoms with Crippen LogP contribution in [0.4, 0.5) is 0 Å². The second-order valence-electron chi connectivity index (χ2n) is 6.19. The third-order valence-corrected chi connectivity index (χ3v) is 4.55. The summed E-state index contributed by atoms with van der Waals surface area (Å²) >= 11 is 0. The Hall–Kier alpha value is -2.37. The Bertz CT molecular complexity index is 643. The summed E-state index contributed by atoms with van der Waals surface area (Å²) in [4.78, 5) is 36.4. The number of hydrogen-bond acceptors (Lipinski definition) is 3. The van der Waals surface area contributed by atoms with Gasteiger partial charge >= 0.3 is 5.97 Å². The average Bonchev–Trinajstić information content (AvgIpc) is 3.25. The third-order valence-electron chi connectivity index (χ3n) is 4.55. The molecule has 1 saturated carbocycles. The number of carboxylic acids is 1. The lowest BCUT2D eigenvalue weighted by molar-refractivity contribution is -0.140. The topological polar surface area (TPSA) is 86.7 Å². The Kier molecular flexibility index (Phi) is 4.32. The van der Waals surface area contributed by atoms with Gasteiger partial charge in [0.1, 0.15) is 0 Å². The molecule has 0 aromatic heterocycles. The van der Waals surface area contributed by atoms with E-state index < -0.39 is 17.8 Å². The van der Waals surface area contributed by atoms with Crippen LogP contribution in [0.3, 0.4) is 0 Å². The summed E-state index contributed by atoms with van der Waals surface area (Å²) in [5.41, 5.74) is 1.99. The molecule has 3 rings (SSSR count). The summed E-state index contributed by atoms with van der Waals surface area (Å²) in [5.74, 6) is -1.87. The van der Waals surface area contributed by atoms with E-state index in [0.29, 0.717) is 25.9 Å². The Morgan fingerprint density at radius 2 is 1.96 bits per heavy atom. The molecule has 1 aliphatic carbocycles. The van der Waals surface area contributed by atoms with Crippen LogP contribution in [-0.2, 0) is 27.5 Å². The number of likely N-dealkylation sites (tertiary alicyclic amines) is 1. The number of nitrogens with zero attached hydrogens (tertiary/aromatic N) is 1. The molecule has 2 atom stereocenters. The number of carboxylic acid groups (broad SMARTS) is 1. The van der Waals surface area contributed by atoms with E-state index in [1.807, 2.05) is 29.2 Å². The molecule has 2 amide bonds. The van der Waals surface area contributed by atoms with Crippen molar-refractivity contribution < 1.29 is 19.5 Å². The minimum Gasteiger partial charge on any atom is -0.481 e. The van der Waals surface area contributed by atoms with E-state index in [1.165, 1.54) is 0 Å². The summed E-state index contributed by atoms with van der Waals surface area (Å²) in [6, 6.07) is 7.71. The highest BCUT2D eigenvalue weighted by Crippen LogP contribution is 2.38. The largest absolute Gasteiger partial charge is 0.481 e. The molecule has 0 radical (unpaired) electrons. The van der Waals surface area contributed by atoms with Gasteiger partial charge in [-0.3, -0.25) is 14.4 Å². The monoisotopic (exact) mass is 316 g/mol. The van der Waals surface area contributed by atoms with Crippen molar-refractivity contribution in [1.82, 2.24) is 10.2 Å². The smallest absolute Gasteiger partial charge is 0.307 e. The highest BCUT2D eigenvalue weighted by atomic mass is 16.4. The van der Waals surface area contributed by atoms with Gasteiger partial charge in [0.05, 0.1) is 11.8 Å². The van der Waals surface area contributed by atoms with Crippen molar-refractivity contribution in [3.8, 4) is 0 Å². The number of aliphatic carboxylic acids is 1. The molecule has 1 aromatic carbocycles. The van der Waals surface area contributed by atoms with E-state index >= 15 is 0 Å². The normalized spacial score (nSPS) is 23.0. The maximum absolute atomic E-state index is 12.0. The summed E-state index contributed by atoms with van der Waals surface area (Å²) in [7, 11) is 0. The van der Waals surface area contributed by atoms with Gasteiger partial charge in [-0.1, -0.05) is 24.3 Å². The first-order valence-corrected chi connectivity index (χ1v) is 7.91. The minimum atomic E-state index is -0.905. The van der Waals surface area contributed by atoms with Gasteiger partial charge in [0.2, 0.25) is 11.8 Å². The predicted octanol–water partition coefficient (Wildman–Crippen LogP) is 1.15. The Morgan fingerprint density at radius 3 is 2.57 bits per heavy atom. The molecule has 1 heterocycles. The average molecular weight is 316 g/mol. The molecule has 6 heteroatoms. The van der Waals surface area contributed by atoms with Gasteiger partial charge in [0, 0.05) is 26.1 Å². The summed E-state index contributed by atoms with van der Waals surface area (Å²) in [5, 5.41) is 11.7. The Balaban J connectivity index is 1.59. The van der Waals surface area contributed by atoms with Gasteiger partial charge in [-0.05, 0) is 24.0 Å². The minimum absolute atomic E-state index is 0.172. The molecule has 1 aromatic rings. The van der Waals surface area contributed by atoms with Crippen molar-refractivity contribution >= 4 is 17.8 Å². The van der Waals surface area contributed by atoms with Gasteiger partial charge in [0.15, 0.2) is 0 Å². The molecular formula is C17H20N2O4. The standard InChI is InChI=1S/C17H20N2O4/c20-15-6-3-7-19(15)10-12-5-2-1-4-11(12)9-18-16(21)13-8-14(13)17(22)23/h1-2,4-5,13-14H,3,6-10H2,(H,18,21)(H,22,23)/t13-,14-/m1/s1. The molecular weight excluding hydrogens is 296 g/mol. The van der Waals surface area contributed by atoms with E-state index in [0.717, 1.165) is 24.1 Å². The second-order valence-corrected chi connectivity index (χ2v) is 6.19. The predicted molar refractivity (Wildman–Crippen MR) is 82.2 cm³/mol. The van der Waals surface area contributed by atoms with Crippen LogP contribution >= 0.6 is 0 Å². The summed E-state index contributed by atoms with van der Waals surface area (Å²) in [6.45, 7) is 1.70. The van der Waals surface area contributed by atoms with Gasteiger partial charge in [0.25, 0.3) is 0 Å². The molecule has 0 bridgehead atoms. The number of amides is 2. The van der Waals surface area contributed by atoms with Gasteiger partial charge in [-0.2, -0.15) is 0 Å². The van der Waals surface area contributed by atoms with Crippen molar-refractivity contribution in [2.75, 3.05) is 6.54 Å². The molecule has 2 aliphatic rings. The maximum atomic E-state index is 12.0. The Labute approximate surface area is 134 Å². The van der Waals surface area contributed by atoms with Crippen LogP contribution in [0, 0.1) is 11.8 Å². The fourth-order valence-electron chi connectivity index (χ4n) is 3.03. The zero-order valence-corrected chi connectivity index (χ0v) is 12.8. The van der Waals surface area contributed by atoms with Crippen LogP contribution < -0.4 is 5.32 Å². The fraction of sp³-hybridized carbons (Fsp3) is 0.471. The number of nitrogens with one attached hydrogen (secondary N) is 1. The molecule has 6 nitrogen and oxygen atoms in total. The highest BCUT2D eigenvalue weighted by molar-refractivity contribution is 5.89. The summed E-state index contributed by atoms with van der Waals surface area (Å²) < 4.78 is 0. The van der Waals surface area contributed by atoms with E-state index in [-0.39, 0.29) is 11.8 Å². The molecule has 1 aliphatic heterocycles. The van der Waals surface area contributed by atoms with E-state index in [2.05, 4.69) is 5.32 Å². The maximum Gasteiger partial charge on any atom is 0.307 e. The van der Waals surface area contributed by atoms with Gasteiger partial charge in [-0.15, -0.1) is 0 Å². The van der Waals surface area contributed by atoms with Crippen LogP contribution in [0.5, 0.6) is 0 Å². The number of rotatable bonds is 6. The first kappa shape index (κ1) is 15.5. The van der Waals surface area contributed by atoms with Crippen LogP contribution in [0.15, 0.2) is 24.3 Å². The zero-order chi connectivity index (χ0) is 16.4. The lowest BCUT2D eigenvalue weighted by Gasteiger charge is -2.18. The van der Waals surface area contributed by atoms with Crippen molar-refractivity contribution in [2.24, 2.45) is 11.8 Å². The lowest BCUT2D eigenvalue weighted by atomic mass is 10.1. The van der Waals surface area contributed by atoms with Gasteiger partial charge in [-0.25, -0.2) is 0 Å². The van der Waals surface area contributed by atoms with Crippen molar-refractivity contribution in [3.63, 3.8) is 0 Å². The summed E-state index contributed by atoms with van der Waals surface area (Å²) in [6.07, 6.45) is 1.93. The van der Waals surface area contributed by atoms with Gasteiger partial charge < -0.3 is 15.3 Å². The molecule has 0 spiro atoms. The number of benzene rings is 1. The molecule has 0 unspecified atom stereocenters. The fourth-order valence-corrected chi connectivity index (χ4v) is 3.03. The molecule has 2 fully saturated rings. The lowest BCUT2D eigenvalue weighted by Crippen LogP contribution is -2.28. The molecule has 2 N–H and O–H groups in total. The molecule has 23 heavy (non-hydrogen) atoms. The number of hydrogen-bond donors (Lipinski definition) is 2. The van der Waals surface area contributed by atoms with Crippen LogP contribution in [0.1, 0.15) is 30.4 Å². The third kappa shape index (κ3) is 3.52. The number of carbonyl (C=O) groups excluding carboxylic acids is 2. The first-order chi connectivity index (χ1) is 11.1.